The number of nitrogens with one attached hydrogen (secondary N) is 1. The monoisotopic (exact) mass is 287 g/mol. The molecular weight excluding hydrogens is 266 g/mol. The highest BCUT2D eigenvalue weighted by Gasteiger charge is 2.04. The fourth-order valence-electron chi connectivity index (χ4n) is 2.14. The molecule has 0 heterocycles. The first-order valence-corrected chi connectivity index (χ1v) is 7.10. The van der Waals surface area contributed by atoms with Gasteiger partial charge in [-0.15, -0.1) is 0 Å². The summed E-state index contributed by atoms with van der Waals surface area (Å²) in [6.45, 7) is 2.19. The van der Waals surface area contributed by atoms with Gasteiger partial charge < -0.3 is 15.2 Å². The molecule has 0 aliphatic heterocycles. The fraction of sp³-hybridized carbons (Fsp3) is 0.353. The molecular formula is C17H21NO3. The third kappa shape index (κ3) is 4.46. The number of methoxy groups -OCH3 is 1. The number of hydrogen-bond donors (Lipinski definition) is 2. The minimum atomic E-state index is -0.439. The molecule has 0 fully saturated rings. The molecule has 1 amide bonds. The number of amides is 1. The van der Waals surface area contributed by atoms with E-state index in [-0.39, 0.29) is 5.91 Å². The molecule has 4 heteroatoms. The summed E-state index contributed by atoms with van der Waals surface area (Å²) < 4.78 is 5.20. The zero-order valence-corrected chi connectivity index (χ0v) is 12.4. The number of benzene rings is 2. The van der Waals surface area contributed by atoms with Crippen LogP contribution in [0.5, 0.6) is 5.75 Å². The summed E-state index contributed by atoms with van der Waals surface area (Å²) in [6.07, 6.45) is 0.401. The Morgan fingerprint density at radius 2 is 1.95 bits per heavy atom. The van der Waals surface area contributed by atoms with Gasteiger partial charge in [0, 0.05) is 13.0 Å². The lowest BCUT2D eigenvalue weighted by atomic mass is 10.1. The van der Waals surface area contributed by atoms with E-state index < -0.39 is 6.10 Å². The molecule has 0 aromatic heterocycles. The third-order valence-electron chi connectivity index (χ3n) is 3.39. The summed E-state index contributed by atoms with van der Waals surface area (Å²) in [5, 5.41) is 14.3. The molecule has 0 saturated heterocycles. The highest BCUT2D eigenvalue weighted by atomic mass is 16.5. The average molecular weight is 287 g/mol. The van der Waals surface area contributed by atoms with E-state index >= 15 is 0 Å². The lowest BCUT2D eigenvalue weighted by Crippen LogP contribution is -2.23. The van der Waals surface area contributed by atoms with Crippen LogP contribution in [0, 0.1) is 0 Å². The minimum absolute atomic E-state index is 0.0364. The molecule has 0 saturated carbocycles. The van der Waals surface area contributed by atoms with Gasteiger partial charge in [0.1, 0.15) is 5.75 Å². The van der Waals surface area contributed by atoms with E-state index in [4.69, 9.17) is 9.84 Å². The SMILES string of the molecule is COc1ccc2cc(CNC(=O)CCC(C)O)ccc2c1. The number of ether oxygens (including phenoxy) is 1. The van der Waals surface area contributed by atoms with E-state index in [2.05, 4.69) is 11.4 Å². The number of rotatable bonds is 6. The topological polar surface area (TPSA) is 58.6 Å². The van der Waals surface area contributed by atoms with E-state index in [9.17, 15) is 4.79 Å². The van der Waals surface area contributed by atoms with Crippen LogP contribution in [-0.4, -0.2) is 24.2 Å². The van der Waals surface area contributed by atoms with Gasteiger partial charge in [-0.05, 0) is 47.9 Å². The lowest BCUT2D eigenvalue weighted by molar-refractivity contribution is -0.121. The maximum atomic E-state index is 11.6. The number of carbonyl (C=O) groups is 1. The van der Waals surface area contributed by atoms with E-state index in [1.54, 1.807) is 14.0 Å². The average Bonchev–Trinajstić information content (AvgIpc) is 2.50. The zero-order valence-electron chi connectivity index (χ0n) is 12.4. The van der Waals surface area contributed by atoms with Gasteiger partial charge in [-0.3, -0.25) is 4.79 Å². The van der Waals surface area contributed by atoms with Gasteiger partial charge in [0.05, 0.1) is 13.2 Å². The Labute approximate surface area is 124 Å². The summed E-state index contributed by atoms with van der Waals surface area (Å²) in [5.41, 5.74) is 1.05. The van der Waals surface area contributed by atoms with E-state index in [1.807, 2.05) is 30.3 Å². The van der Waals surface area contributed by atoms with Crippen LogP contribution in [-0.2, 0) is 11.3 Å². The number of aliphatic hydroxyl groups excluding tert-OH is 1. The molecule has 4 nitrogen and oxygen atoms in total. The van der Waals surface area contributed by atoms with Crippen molar-refractivity contribution in [2.75, 3.05) is 7.11 Å². The van der Waals surface area contributed by atoms with Crippen molar-refractivity contribution in [3.05, 3.63) is 42.0 Å². The van der Waals surface area contributed by atoms with Crippen molar-refractivity contribution >= 4 is 16.7 Å². The van der Waals surface area contributed by atoms with Gasteiger partial charge in [0.2, 0.25) is 5.91 Å². The predicted molar refractivity (Wildman–Crippen MR) is 83.3 cm³/mol. The van der Waals surface area contributed by atoms with Gasteiger partial charge in [-0.25, -0.2) is 0 Å². The summed E-state index contributed by atoms with van der Waals surface area (Å²) in [4.78, 5) is 11.6. The second-order valence-electron chi connectivity index (χ2n) is 5.21. The fourth-order valence-corrected chi connectivity index (χ4v) is 2.14. The molecule has 0 bridgehead atoms. The van der Waals surface area contributed by atoms with E-state index in [0.29, 0.717) is 19.4 Å². The zero-order chi connectivity index (χ0) is 15.2. The van der Waals surface area contributed by atoms with Crippen LogP contribution in [0.3, 0.4) is 0 Å². The molecule has 0 aliphatic carbocycles. The van der Waals surface area contributed by atoms with Crippen molar-refractivity contribution in [1.82, 2.24) is 5.32 Å². The van der Waals surface area contributed by atoms with Crippen molar-refractivity contribution in [2.24, 2.45) is 0 Å². The van der Waals surface area contributed by atoms with Crippen LogP contribution in [0.4, 0.5) is 0 Å². The van der Waals surface area contributed by atoms with Crippen LogP contribution in [0.15, 0.2) is 36.4 Å². The molecule has 1 unspecified atom stereocenters. The Morgan fingerprint density at radius 1 is 1.24 bits per heavy atom. The minimum Gasteiger partial charge on any atom is -0.497 e. The Hall–Kier alpha value is -2.07. The van der Waals surface area contributed by atoms with E-state index in [0.717, 1.165) is 22.1 Å². The van der Waals surface area contributed by atoms with Crippen LogP contribution in [0.2, 0.25) is 0 Å². The second-order valence-corrected chi connectivity index (χ2v) is 5.21. The standard InChI is InChI=1S/C17H21NO3/c1-12(19)3-8-17(20)18-11-13-4-5-15-10-16(21-2)7-6-14(15)9-13/h4-7,9-10,12,19H,3,8,11H2,1-2H3,(H,18,20). The number of aliphatic hydroxyl groups is 1. The van der Waals surface area contributed by atoms with Gasteiger partial charge in [0.25, 0.3) is 0 Å². The highest BCUT2D eigenvalue weighted by molar-refractivity contribution is 5.84. The number of fused-ring (bicyclic) bond motifs is 1. The maximum Gasteiger partial charge on any atom is 0.220 e. The van der Waals surface area contributed by atoms with Crippen molar-refractivity contribution < 1.29 is 14.6 Å². The largest absolute Gasteiger partial charge is 0.497 e. The Bertz CT molecular complexity index is 622. The molecule has 1 atom stereocenters. The third-order valence-corrected chi connectivity index (χ3v) is 3.39. The normalized spacial score (nSPS) is 12.1. The predicted octanol–water partition coefficient (Wildman–Crippen LogP) is 2.63. The molecule has 0 aliphatic rings. The van der Waals surface area contributed by atoms with Crippen molar-refractivity contribution in [3.8, 4) is 5.75 Å². The van der Waals surface area contributed by atoms with Crippen LogP contribution in [0.25, 0.3) is 10.8 Å². The number of hydrogen-bond acceptors (Lipinski definition) is 3. The second kappa shape index (κ2) is 7.09. The summed E-state index contributed by atoms with van der Waals surface area (Å²) in [6, 6.07) is 12.0. The molecule has 0 spiro atoms. The molecule has 2 aromatic carbocycles. The first-order valence-electron chi connectivity index (χ1n) is 7.10. The Kier molecular flexibility index (Phi) is 5.17. The van der Waals surface area contributed by atoms with Crippen molar-refractivity contribution in [1.29, 1.82) is 0 Å². The molecule has 2 aromatic rings. The molecule has 0 radical (unpaired) electrons. The van der Waals surface area contributed by atoms with Gasteiger partial charge in [-0.1, -0.05) is 18.2 Å². The van der Waals surface area contributed by atoms with Gasteiger partial charge in [-0.2, -0.15) is 0 Å². The molecule has 112 valence electrons. The highest BCUT2D eigenvalue weighted by Crippen LogP contribution is 2.21. The quantitative estimate of drug-likeness (QED) is 0.858. The Morgan fingerprint density at radius 3 is 2.67 bits per heavy atom. The van der Waals surface area contributed by atoms with Gasteiger partial charge in [0.15, 0.2) is 0 Å². The smallest absolute Gasteiger partial charge is 0.220 e. The summed E-state index contributed by atoms with van der Waals surface area (Å²) >= 11 is 0. The Balaban J connectivity index is 1.98. The molecule has 2 rings (SSSR count). The molecule has 2 N–H and O–H groups in total. The van der Waals surface area contributed by atoms with Crippen molar-refractivity contribution in [3.63, 3.8) is 0 Å². The van der Waals surface area contributed by atoms with E-state index in [1.165, 1.54) is 0 Å². The van der Waals surface area contributed by atoms with Crippen molar-refractivity contribution in [2.45, 2.75) is 32.4 Å². The van der Waals surface area contributed by atoms with Crippen LogP contribution in [0.1, 0.15) is 25.3 Å². The summed E-state index contributed by atoms with van der Waals surface area (Å²) in [5.74, 6) is 0.799. The molecule has 21 heavy (non-hydrogen) atoms. The maximum absolute atomic E-state index is 11.6. The number of carbonyl (C=O) groups excluding carboxylic acids is 1. The first-order chi connectivity index (χ1) is 10.1. The van der Waals surface area contributed by atoms with Crippen LogP contribution < -0.4 is 10.1 Å². The van der Waals surface area contributed by atoms with Gasteiger partial charge >= 0.3 is 0 Å². The van der Waals surface area contributed by atoms with Crippen LogP contribution >= 0.6 is 0 Å². The summed E-state index contributed by atoms with van der Waals surface area (Å²) in [7, 11) is 1.65. The first kappa shape index (κ1) is 15.3. The lowest BCUT2D eigenvalue weighted by Gasteiger charge is -2.08.